The van der Waals surface area contributed by atoms with Gasteiger partial charge in [-0.25, -0.2) is 4.98 Å². The van der Waals surface area contributed by atoms with Crippen LogP contribution in [0.4, 0.5) is 11.4 Å². The highest BCUT2D eigenvalue weighted by atomic mass is 79.9. The first-order chi connectivity index (χ1) is 36.1. The smallest absolute Gasteiger partial charge is 0.251 e. The molecule has 3 amide bonds. The van der Waals surface area contributed by atoms with Gasteiger partial charge in [-0.05, 0) is 137 Å². The molecule has 17 heteroatoms. The molecule has 3 atom stereocenters. The molecule has 1 aliphatic rings. The molecule has 0 spiro atoms. The Kier molecular flexibility index (Phi) is 24.8. The van der Waals surface area contributed by atoms with E-state index in [0.29, 0.717) is 113 Å². The van der Waals surface area contributed by atoms with Crippen molar-refractivity contribution < 1.29 is 47.5 Å². The van der Waals surface area contributed by atoms with Gasteiger partial charge in [-0.1, -0.05) is 61.3 Å². The number of nitrogens with zero attached hydrogens (tertiary/aromatic N) is 2. The molecule has 3 N–H and O–H groups in total. The molecule has 6 rings (SSSR count). The maximum Gasteiger partial charge on any atom is 0.251 e. The summed E-state index contributed by atoms with van der Waals surface area (Å²) < 4.78 is 40.1. The van der Waals surface area contributed by atoms with Crippen molar-refractivity contribution in [3.05, 3.63) is 147 Å². The van der Waals surface area contributed by atoms with Crippen LogP contribution in [0.15, 0.2) is 120 Å². The van der Waals surface area contributed by atoms with E-state index >= 15 is 0 Å². The van der Waals surface area contributed by atoms with Crippen LogP contribution in [0, 0.1) is 0 Å². The van der Waals surface area contributed by atoms with Gasteiger partial charge in [0.05, 0.1) is 97.1 Å². The summed E-state index contributed by atoms with van der Waals surface area (Å²) in [5.41, 5.74) is 7.11. The molecular formula is C57H69BrClN5O10. The van der Waals surface area contributed by atoms with Crippen LogP contribution in [-0.4, -0.2) is 121 Å². The third-order valence-electron chi connectivity index (χ3n) is 11.9. The molecule has 0 radical (unpaired) electrons. The van der Waals surface area contributed by atoms with Gasteiger partial charge in [0, 0.05) is 47.5 Å². The average Bonchev–Trinajstić information content (AvgIpc) is 3.40. The van der Waals surface area contributed by atoms with Gasteiger partial charge in [-0.15, -0.1) is 0 Å². The standard InChI is InChI=1S/C57H69BrClN5O10/c1-4-6-52(63-56(66)24-20-48-7-5-8-55(58)62-48)44-13-21-50(22-14-44)74-38-37-73-36-35-72-34-33-71-32-31-70-30-29-69-28-27-68-26-25-60-57(67)45-11-9-43(10-12-45)46-15-23-54-51(40-46)53(39-41(2)64(54)42(3)65)61-49-18-16-47(59)17-19-49/h5,7-24,40-41,52-53,61H,4,6,25-39H2,1-3H3,(H,60,67)(H,63,66)/b24-20+/t41-,52?,53?/m0/s1. The van der Waals surface area contributed by atoms with E-state index < -0.39 is 0 Å². The number of carbonyl (C=O) groups is 3. The minimum Gasteiger partial charge on any atom is -0.491 e. The molecule has 0 aliphatic carbocycles. The summed E-state index contributed by atoms with van der Waals surface area (Å²) in [6.07, 6.45) is 5.68. The third-order valence-corrected chi connectivity index (χ3v) is 12.6. The Hall–Kier alpha value is -5.69. The average molecular weight is 1100 g/mol. The van der Waals surface area contributed by atoms with E-state index in [2.05, 4.69) is 56.8 Å². The van der Waals surface area contributed by atoms with Gasteiger partial charge in [0.1, 0.15) is 17.0 Å². The molecule has 0 bridgehead atoms. The lowest BCUT2D eigenvalue weighted by Crippen LogP contribution is -2.43. The second-order valence-electron chi connectivity index (χ2n) is 17.4. The highest BCUT2D eigenvalue weighted by Crippen LogP contribution is 2.41. The Bertz CT molecular complexity index is 2520. The number of hydrogen-bond acceptors (Lipinski definition) is 12. The van der Waals surface area contributed by atoms with Crippen LogP contribution in [0.25, 0.3) is 17.2 Å². The van der Waals surface area contributed by atoms with E-state index in [1.807, 2.05) is 108 Å². The highest BCUT2D eigenvalue weighted by molar-refractivity contribution is 9.10. The minimum absolute atomic E-state index is 0.00752. The summed E-state index contributed by atoms with van der Waals surface area (Å²) in [5, 5.41) is 10.3. The highest BCUT2D eigenvalue weighted by Gasteiger charge is 2.33. The quantitative estimate of drug-likeness (QED) is 0.0212. The minimum atomic E-state index is -0.180. The number of amides is 3. The number of benzene rings is 4. The van der Waals surface area contributed by atoms with Gasteiger partial charge in [-0.2, -0.15) is 0 Å². The molecule has 396 valence electrons. The number of nitrogens with one attached hydrogen (secondary N) is 3. The van der Waals surface area contributed by atoms with Gasteiger partial charge in [-0.3, -0.25) is 14.4 Å². The summed E-state index contributed by atoms with van der Waals surface area (Å²) in [4.78, 5) is 44.4. The van der Waals surface area contributed by atoms with Gasteiger partial charge in [0.15, 0.2) is 0 Å². The van der Waals surface area contributed by atoms with Gasteiger partial charge in [0.25, 0.3) is 5.91 Å². The monoisotopic (exact) mass is 1100 g/mol. The number of pyridine rings is 1. The largest absolute Gasteiger partial charge is 0.491 e. The fraction of sp³-hybridized carbons (Fsp3) is 0.404. The molecule has 1 aromatic heterocycles. The molecule has 0 saturated carbocycles. The van der Waals surface area contributed by atoms with Gasteiger partial charge < -0.3 is 54.0 Å². The molecule has 2 unspecified atom stereocenters. The van der Waals surface area contributed by atoms with Crippen LogP contribution >= 0.6 is 27.5 Å². The third kappa shape index (κ3) is 19.5. The Morgan fingerprint density at radius 3 is 1.93 bits per heavy atom. The Morgan fingerprint density at radius 1 is 0.743 bits per heavy atom. The van der Waals surface area contributed by atoms with Crippen LogP contribution in [0.3, 0.4) is 0 Å². The molecule has 15 nitrogen and oxygen atoms in total. The predicted molar refractivity (Wildman–Crippen MR) is 293 cm³/mol. The van der Waals surface area contributed by atoms with E-state index in [0.717, 1.165) is 58.6 Å². The summed E-state index contributed by atoms with van der Waals surface area (Å²) >= 11 is 9.48. The van der Waals surface area contributed by atoms with Crippen LogP contribution in [0.5, 0.6) is 5.75 Å². The van der Waals surface area contributed by atoms with E-state index in [-0.39, 0.29) is 35.8 Å². The first kappa shape index (κ1) is 57.6. The Balaban J connectivity index is 0.725. The fourth-order valence-electron chi connectivity index (χ4n) is 8.29. The van der Waals surface area contributed by atoms with Crippen molar-refractivity contribution >= 4 is 62.7 Å². The molecule has 1 aliphatic heterocycles. The van der Waals surface area contributed by atoms with Crippen molar-refractivity contribution in [3.8, 4) is 16.9 Å². The number of fused-ring (bicyclic) bond motifs is 1. The topological polar surface area (TPSA) is 168 Å². The molecule has 5 aromatic rings. The van der Waals surface area contributed by atoms with E-state index in [1.54, 1.807) is 13.0 Å². The summed E-state index contributed by atoms with van der Waals surface area (Å²) in [6.45, 7) is 11.7. The van der Waals surface area contributed by atoms with E-state index in [1.165, 1.54) is 6.08 Å². The van der Waals surface area contributed by atoms with Crippen molar-refractivity contribution in [1.82, 2.24) is 15.6 Å². The first-order valence-corrected chi connectivity index (χ1v) is 26.4. The number of carbonyl (C=O) groups excluding carboxylic acids is 3. The summed E-state index contributed by atoms with van der Waals surface area (Å²) in [6, 6.07) is 34.5. The van der Waals surface area contributed by atoms with E-state index in [9.17, 15) is 14.4 Å². The van der Waals surface area contributed by atoms with Crippen LogP contribution in [-0.2, 0) is 38.0 Å². The summed E-state index contributed by atoms with van der Waals surface area (Å²) in [5.74, 6) is 0.383. The second kappa shape index (κ2) is 31.9. The number of rotatable bonds is 32. The van der Waals surface area contributed by atoms with Gasteiger partial charge in [0.2, 0.25) is 11.8 Å². The zero-order valence-electron chi connectivity index (χ0n) is 42.5. The van der Waals surface area contributed by atoms with E-state index in [4.69, 9.17) is 44.8 Å². The lowest BCUT2D eigenvalue weighted by Gasteiger charge is -2.39. The first-order valence-electron chi connectivity index (χ1n) is 25.2. The van der Waals surface area contributed by atoms with Crippen molar-refractivity contribution in [2.45, 2.75) is 58.2 Å². The van der Waals surface area contributed by atoms with Crippen LogP contribution in [0.1, 0.15) is 79.3 Å². The van der Waals surface area contributed by atoms with Gasteiger partial charge >= 0.3 is 0 Å². The number of halogens is 2. The van der Waals surface area contributed by atoms with Crippen LogP contribution in [0.2, 0.25) is 5.02 Å². The zero-order valence-corrected chi connectivity index (χ0v) is 44.9. The molecule has 74 heavy (non-hydrogen) atoms. The Morgan fingerprint density at radius 2 is 1.34 bits per heavy atom. The van der Waals surface area contributed by atoms with Crippen molar-refractivity contribution in [3.63, 3.8) is 0 Å². The SMILES string of the molecule is CCCC(NC(=O)/C=C/c1cccc(Br)n1)c1ccc(OCCOCCOCCOCCOCCOCCOCCNC(=O)c2ccc(-c3ccc4c(c3)C(Nc3ccc(Cl)cc3)C[C@H](C)N4C(C)=O)cc2)cc1. The van der Waals surface area contributed by atoms with Crippen molar-refractivity contribution in [2.24, 2.45) is 0 Å². The fourth-order valence-corrected chi connectivity index (χ4v) is 8.77. The second-order valence-corrected chi connectivity index (χ2v) is 18.7. The Labute approximate surface area is 448 Å². The zero-order chi connectivity index (χ0) is 52.3. The molecule has 0 saturated heterocycles. The normalized spacial score (nSPS) is 14.6. The molecule has 4 aromatic carbocycles. The lowest BCUT2D eigenvalue weighted by atomic mass is 9.88. The number of anilines is 2. The van der Waals surface area contributed by atoms with Crippen molar-refractivity contribution in [2.75, 3.05) is 103 Å². The molecular weight excluding hydrogens is 1030 g/mol. The lowest BCUT2D eigenvalue weighted by molar-refractivity contribution is -0.118. The maximum atomic E-state index is 12.9. The van der Waals surface area contributed by atoms with Crippen molar-refractivity contribution in [1.29, 1.82) is 0 Å². The maximum absolute atomic E-state index is 12.9. The molecule has 2 heterocycles. The molecule has 0 fully saturated rings. The predicted octanol–water partition coefficient (Wildman–Crippen LogP) is 10.0. The van der Waals surface area contributed by atoms with Crippen LogP contribution < -0.4 is 25.6 Å². The number of ether oxygens (including phenoxy) is 7. The summed E-state index contributed by atoms with van der Waals surface area (Å²) in [7, 11) is 0. The number of hydrogen-bond donors (Lipinski definition) is 3. The number of aromatic nitrogens is 1.